The van der Waals surface area contributed by atoms with Gasteiger partial charge in [-0.1, -0.05) is 44.2 Å². The minimum absolute atomic E-state index is 0.439. The lowest BCUT2D eigenvalue weighted by atomic mass is 10.1. The largest absolute Gasteiger partial charge is 0.224 e. The molecule has 17 heavy (non-hydrogen) atoms. The number of aromatic nitrogens is 2. The molecule has 1 heterocycles. The fourth-order valence-electron chi connectivity index (χ4n) is 2.17. The molecule has 3 rings (SSSR count). The van der Waals surface area contributed by atoms with Crippen molar-refractivity contribution in [2.24, 2.45) is 0 Å². The summed E-state index contributed by atoms with van der Waals surface area (Å²) < 4.78 is 4.44. The fourth-order valence-corrected chi connectivity index (χ4v) is 3.14. The van der Waals surface area contributed by atoms with Gasteiger partial charge in [-0.3, -0.25) is 0 Å². The van der Waals surface area contributed by atoms with Gasteiger partial charge in [0.25, 0.3) is 0 Å². The third-order valence-corrected chi connectivity index (χ3v) is 4.17. The van der Waals surface area contributed by atoms with Crippen molar-refractivity contribution in [3.05, 3.63) is 46.7 Å². The van der Waals surface area contributed by atoms with Crippen LogP contribution in [0.3, 0.4) is 0 Å². The Morgan fingerprint density at radius 1 is 1.18 bits per heavy atom. The van der Waals surface area contributed by atoms with E-state index in [0.29, 0.717) is 17.8 Å². The lowest BCUT2D eigenvalue weighted by molar-refractivity contribution is 0.789. The van der Waals surface area contributed by atoms with Gasteiger partial charge in [0, 0.05) is 11.8 Å². The fraction of sp³-hybridized carbons (Fsp3) is 0.429. The molecule has 1 aromatic carbocycles. The van der Waals surface area contributed by atoms with Gasteiger partial charge in [-0.2, -0.15) is 4.37 Å². The summed E-state index contributed by atoms with van der Waals surface area (Å²) in [6.45, 7) is 4.29. The lowest BCUT2D eigenvalue weighted by Crippen LogP contribution is -1.90. The molecule has 0 spiro atoms. The van der Waals surface area contributed by atoms with Gasteiger partial charge in [-0.05, 0) is 29.4 Å². The van der Waals surface area contributed by atoms with Crippen LogP contribution in [0.5, 0.6) is 0 Å². The summed E-state index contributed by atoms with van der Waals surface area (Å²) in [5, 5.41) is 1.22. The lowest BCUT2D eigenvalue weighted by Gasteiger charge is -1.97. The second-order valence-corrected chi connectivity index (χ2v) is 5.79. The van der Waals surface area contributed by atoms with E-state index >= 15 is 0 Å². The zero-order valence-electron chi connectivity index (χ0n) is 10.1. The predicted molar refractivity (Wildman–Crippen MR) is 70.5 cm³/mol. The van der Waals surface area contributed by atoms with Crippen LogP contribution < -0.4 is 0 Å². The smallest absolute Gasteiger partial charge is 0.145 e. The first-order chi connectivity index (χ1) is 8.25. The Morgan fingerprint density at radius 2 is 1.94 bits per heavy atom. The Hall–Kier alpha value is -1.22. The number of nitrogens with zero attached hydrogens (tertiary/aromatic N) is 2. The number of benzene rings is 1. The van der Waals surface area contributed by atoms with Crippen LogP contribution in [-0.2, 0) is 0 Å². The molecule has 1 aliphatic carbocycles. The third kappa shape index (κ3) is 2.12. The molecule has 1 fully saturated rings. The summed E-state index contributed by atoms with van der Waals surface area (Å²) in [5.74, 6) is 2.73. The number of hydrogen-bond donors (Lipinski definition) is 0. The van der Waals surface area contributed by atoms with Gasteiger partial charge >= 0.3 is 0 Å². The van der Waals surface area contributed by atoms with Crippen LogP contribution in [-0.4, -0.2) is 9.36 Å². The standard InChI is InChI=1S/C14H16N2S/c1-9(2)13-15-14(17-16-13)12-8-11(12)10-6-4-3-5-7-10/h3-7,9,11-12H,8H2,1-2H3. The molecule has 0 saturated heterocycles. The second-order valence-electron chi connectivity index (χ2n) is 5.00. The third-order valence-electron chi connectivity index (χ3n) is 3.31. The van der Waals surface area contributed by atoms with Crippen LogP contribution in [0.2, 0.25) is 0 Å². The van der Waals surface area contributed by atoms with Gasteiger partial charge < -0.3 is 0 Å². The van der Waals surface area contributed by atoms with E-state index in [1.807, 2.05) is 0 Å². The van der Waals surface area contributed by atoms with Gasteiger partial charge in [-0.15, -0.1) is 0 Å². The molecule has 0 radical (unpaired) electrons. The molecule has 0 N–H and O–H groups in total. The van der Waals surface area contributed by atoms with E-state index in [9.17, 15) is 0 Å². The van der Waals surface area contributed by atoms with Crippen molar-refractivity contribution < 1.29 is 0 Å². The highest BCUT2D eigenvalue weighted by molar-refractivity contribution is 7.05. The minimum atomic E-state index is 0.439. The molecule has 0 bridgehead atoms. The predicted octanol–water partition coefficient (Wildman–Crippen LogP) is 3.93. The summed E-state index contributed by atoms with van der Waals surface area (Å²) in [4.78, 5) is 4.65. The average molecular weight is 244 g/mol. The maximum absolute atomic E-state index is 4.65. The summed E-state index contributed by atoms with van der Waals surface area (Å²) in [5.41, 5.74) is 1.44. The molecule has 1 aliphatic rings. The molecule has 2 atom stereocenters. The Bertz CT molecular complexity index is 504. The van der Waals surface area contributed by atoms with Crippen molar-refractivity contribution in [2.45, 2.75) is 38.0 Å². The van der Waals surface area contributed by atoms with Gasteiger partial charge in [0.05, 0.1) is 0 Å². The normalized spacial score (nSPS) is 23.0. The van der Waals surface area contributed by atoms with Crippen molar-refractivity contribution in [1.82, 2.24) is 9.36 Å². The molecule has 1 aromatic heterocycles. The molecule has 0 aliphatic heterocycles. The van der Waals surface area contributed by atoms with Crippen molar-refractivity contribution in [1.29, 1.82) is 0 Å². The summed E-state index contributed by atoms with van der Waals surface area (Å²) in [6.07, 6.45) is 1.23. The Morgan fingerprint density at radius 3 is 2.59 bits per heavy atom. The highest BCUT2D eigenvalue weighted by Crippen LogP contribution is 2.54. The maximum Gasteiger partial charge on any atom is 0.145 e. The van der Waals surface area contributed by atoms with E-state index < -0.39 is 0 Å². The van der Waals surface area contributed by atoms with Crippen LogP contribution >= 0.6 is 11.5 Å². The summed E-state index contributed by atoms with van der Waals surface area (Å²) in [7, 11) is 0. The van der Waals surface area contributed by atoms with Gasteiger partial charge in [0.2, 0.25) is 0 Å². The van der Waals surface area contributed by atoms with E-state index in [0.717, 1.165) is 5.82 Å². The first kappa shape index (κ1) is 10.9. The topological polar surface area (TPSA) is 25.8 Å². The molecule has 88 valence electrons. The molecular weight excluding hydrogens is 228 g/mol. The SMILES string of the molecule is CC(C)c1nsc(C2CC2c2ccccc2)n1. The Labute approximate surface area is 106 Å². The molecule has 3 heteroatoms. The van der Waals surface area contributed by atoms with Crippen molar-refractivity contribution in [3.63, 3.8) is 0 Å². The van der Waals surface area contributed by atoms with E-state index in [-0.39, 0.29) is 0 Å². The van der Waals surface area contributed by atoms with E-state index in [2.05, 4.69) is 53.5 Å². The molecule has 2 nitrogen and oxygen atoms in total. The van der Waals surface area contributed by atoms with Crippen LogP contribution in [0.25, 0.3) is 0 Å². The van der Waals surface area contributed by atoms with E-state index in [1.165, 1.54) is 17.0 Å². The van der Waals surface area contributed by atoms with Gasteiger partial charge in [0.1, 0.15) is 10.8 Å². The monoisotopic (exact) mass is 244 g/mol. The molecule has 1 saturated carbocycles. The molecular formula is C14H16N2S. The van der Waals surface area contributed by atoms with E-state index in [1.54, 1.807) is 11.5 Å². The Balaban J connectivity index is 1.76. The molecule has 2 unspecified atom stereocenters. The maximum atomic E-state index is 4.65. The van der Waals surface area contributed by atoms with E-state index in [4.69, 9.17) is 0 Å². The summed E-state index contributed by atoms with van der Waals surface area (Å²) >= 11 is 1.59. The zero-order valence-corrected chi connectivity index (χ0v) is 10.9. The van der Waals surface area contributed by atoms with Crippen LogP contribution in [0.4, 0.5) is 0 Å². The van der Waals surface area contributed by atoms with Gasteiger partial charge in [-0.25, -0.2) is 4.98 Å². The van der Waals surface area contributed by atoms with Crippen LogP contribution in [0.15, 0.2) is 30.3 Å². The Kier molecular flexibility index (Phi) is 2.71. The molecule has 0 amide bonds. The zero-order chi connectivity index (χ0) is 11.8. The second kappa shape index (κ2) is 4.22. The average Bonchev–Trinajstić information content (AvgIpc) is 2.99. The summed E-state index contributed by atoms with van der Waals surface area (Å²) in [6, 6.07) is 10.7. The quantitative estimate of drug-likeness (QED) is 0.817. The first-order valence-electron chi connectivity index (χ1n) is 6.14. The van der Waals surface area contributed by atoms with Crippen LogP contribution in [0, 0.1) is 0 Å². The molecule has 2 aromatic rings. The van der Waals surface area contributed by atoms with Crippen LogP contribution in [0.1, 0.15) is 54.4 Å². The highest BCUT2D eigenvalue weighted by Gasteiger charge is 2.41. The first-order valence-corrected chi connectivity index (χ1v) is 6.91. The number of hydrogen-bond acceptors (Lipinski definition) is 3. The van der Waals surface area contributed by atoms with Crippen molar-refractivity contribution in [2.75, 3.05) is 0 Å². The van der Waals surface area contributed by atoms with Gasteiger partial charge in [0.15, 0.2) is 0 Å². The highest BCUT2D eigenvalue weighted by atomic mass is 32.1. The van der Waals surface area contributed by atoms with Crippen molar-refractivity contribution >= 4 is 11.5 Å². The number of rotatable bonds is 3. The minimum Gasteiger partial charge on any atom is -0.224 e. The van der Waals surface area contributed by atoms with Crippen molar-refractivity contribution in [3.8, 4) is 0 Å².